The lowest BCUT2D eigenvalue weighted by molar-refractivity contribution is -0.134. The van der Waals surface area contributed by atoms with Gasteiger partial charge in [-0.1, -0.05) is 42.0 Å². The Balaban J connectivity index is 1.47. The zero-order valence-corrected chi connectivity index (χ0v) is 18.4. The molecule has 2 aromatic heterocycles. The molecule has 2 aromatic carbocycles. The maximum Gasteiger partial charge on any atom is 0.226 e. The largest absolute Gasteiger partial charge is 0.338 e. The maximum absolute atomic E-state index is 12.7. The van der Waals surface area contributed by atoms with Crippen molar-refractivity contribution in [3.8, 4) is 11.4 Å². The monoisotopic (exact) mass is 426 g/mol. The van der Waals surface area contributed by atoms with Gasteiger partial charge in [0.2, 0.25) is 11.9 Å². The molecule has 7 nitrogen and oxygen atoms in total. The zero-order chi connectivity index (χ0) is 21.8. The van der Waals surface area contributed by atoms with Crippen LogP contribution in [0.5, 0.6) is 0 Å². The van der Waals surface area contributed by atoms with Crippen LogP contribution in [0.3, 0.4) is 0 Å². The van der Waals surface area contributed by atoms with Gasteiger partial charge in [-0.05, 0) is 38.8 Å². The maximum atomic E-state index is 12.7. The summed E-state index contributed by atoms with van der Waals surface area (Å²) in [7, 11) is 0. The Morgan fingerprint density at radius 2 is 1.78 bits per heavy atom. The van der Waals surface area contributed by atoms with E-state index in [0.717, 1.165) is 59.8 Å². The van der Waals surface area contributed by atoms with Crippen LogP contribution < -0.4 is 4.90 Å². The van der Waals surface area contributed by atoms with Gasteiger partial charge >= 0.3 is 0 Å². The van der Waals surface area contributed by atoms with Gasteiger partial charge in [0.05, 0.1) is 5.52 Å². The Morgan fingerprint density at radius 1 is 1.00 bits per heavy atom. The van der Waals surface area contributed by atoms with Crippen molar-refractivity contribution in [2.75, 3.05) is 24.5 Å². The van der Waals surface area contributed by atoms with Crippen molar-refractivity contribution in [2.45, 2.75) is 32.7 Å². The van der Waals surface area contributed by atoms with Crippen LogP contribution in [-0.4, -0.2) is 56.1 Å². The van der Waals surface area contributed by atoms with E-state index in [1.165, 1.54) is 5.56 Å². The molecule has 4 aromatic rings. The van der Waals surface area contributed by atoms with Crippen molar-refractivity contribution >= 4 is 28.4 Å². The normalized spacial score (nSPS) is 19.1. The number of benzene rings is 2. The lowest BCUT2D eigenvalue weighted by atomic mass is 10.1. The number of fused-ring (bicyclic) bond motifs is 3. The molecule has 0 bridgehead atoms. The first-order chi connectivity index (χ1) is 15.6. The molecular weight excluding hydrogens is 400 g/mol. The lowest BCUT2D eigenvalue weighted by Crippen LogP contribution is -2.55. The Morgan fingerprint density at radius 3 is 2.53 bits per heavy atom. The standard InChI is InChI=1S/C25H26N6O/c1-16-7-9-18(10-8-16)22-27-28-23-20-5-3-4-6-21(20)26-25(31(22)23)29-13-14-30(17(2)15-29)24(32)19-11-12-19/h3-10,17,19H,11-15H2,1-2H3/t17-/m0/s1. The van der Waals surface area contributed by atoms with Crippen LogP contribution in [-0.2, 0) is 4.79 Å². The van der Waals surface area contributed by atoms with Crippen molar-refractivity contribution in [1.82, 2.24) is 24.5 Å². The van der Waals surface area contributed by atoms with Gasteiger partial charge in [-0.2, -0.15) is 0 Å². The molecule has 6 rings (SSSR count). The number of hydrogen-bond donors (Lipinski definition) is 0. The number of nitrogens with zero attached hydrogens (tertiary/aromatic N) is 6. The molecule has 2 aliphatic rings. The predicted octanol–water partition coefficient (Wildman–Crippen LogP) is 3.70. The van der Waals surface area contributed by atoms with E-state index in [-0.39, 0.29) is 12.0 Å². The third kappa shape index (κ3) is 3.11. The van der Waals surface area contributed by atoms with Crippen LogP contribution in [0, 0.1) is 12.8 Å². The van der Waals surface area contributed by atoms with Gasteiger partial charge in [-0.25, -0.2) is 9.38 Å². The van der Waals surface area contributed by atoms with E-state index >= 15 is 0 Å². The van der Waals surface area contributed by atoms with Gasteiger partial charge < -0.3 is 9.80 Å². The molecular formula is C25H26N6O. The molecule has 0 radical (unpaired) electrons. The first-order valence-corrected chi connectivity index (χ1v) is 11.4. The summed E-state index contributed by atoms with van der Waals surface area (Å²) in [5.41, 5.74) is 3.93. The van der Waals surface area contributed by atoms with Crippen molar-refractivity contribution < 1.29 is 4.79 Å². The topological polar surface area (TPSA) is 66.6 Å². The minimum atomic E-state index is 0.138. The van der Waals surface area contributed by atoms with Crippen LogP contribution in [0.4, 0.5) is 5.95 Å². The molecule has 1 aliphatic heterocycles. The van der Waals surface area contributed by atoms with Gasteiger partial charge in [0.25, 0.3) is 0 Å². The molecule has 1 saturated carbocycles. The quantitative estimate of drug-likeness (QED) is 0.500. The molecule has 162 valence electrons. The SMILES string of the molecule is Cc1ccc(-c2nnc3c4ccccc4nc(N4CCN(C(=O)C5CC5)[C@@H](C)C4)n23)cc1. The Hall–Kier alpha value is -3.48. The van der Waals surface area contributed by atoms with E-state index in [1.54, 1.807) is 0 Å². The van der Waals surface area contributed by atoms with E-state index in [0.29, 0.717) is 12.5 Å². The minimum absolute atomic E-state index is 0.138. The molecule has 0 spiro atoms. The summed E-state index contributed by atoms with van der Waals surface area (Å²) in [6, 6.07) is 16.6. The Labute approximate surface area is 186 Å². The van der Waals surface area contributed by atoms with Crippen molar-refractivity contribution in [1.29, 1.82) is 0 Å². The summed E-state index contributed by atoms with van der Waals surface area (Å²) >= 11 is 0. The summed E-state index contributed by atoms with van der Waals surface area (Å²) in [4.78, 5) is 22.1. The van der Waals surface area contributed by atoms with Gasteiger partial charge in [0.15, 0.2) is 11.5 Å². The number of carbonyl (C=O) groups excluding carboxylic acids is 1. The number of aryl methyl sites for hydroxylation is 1. The second-order valence-electron chi connectivity index (χ2n) is 9.08. The van der Waals surface area contributed by atoms with Crippen LogP contribution in [0.15, 0.2) is 48.5 Å². The van der Waals surface area contributed by atoms with Crippen LogP contribution in [0.2, 0.25) is 0 Å². The number of aromatic nitrogens is 4. The number of carbonyl (C=O) groups is 1. The Bertz CT molecular complexity index is 1320. The van der Waals surface area contributed by atoms with Crippen LogP contribution in [0.25, 0.3) is 27.9 Å². The molecule has 1 atom stereocenters. The van der Waals surface area contributed by atoms with Gasteiger partial charge in [-0.3, -0.25) is 4.79 Å². The molecule has 32 heavy (non-hydrogen) atoms. The van der Waals surface area contributed by atoms with E-state index < -0.39 is 0 Å². The van der Waals surface area contributed by atoms with Gasteiger partial charge in [-0.15, -0.1) is 10.2 Å². The fourth-order valence-corrected chi connectivity index (χ4v) is 4.70. The third-order valence-electron chi connectivity index (χ3n) is 6.66. The van der Waals surface area contributed by atoms with Crippen LogP contribution in [0.1, 0.15) is 25.3 Å². The number of amides is 1. The average Bonchev–Trinajstić information content (AvgIpc) is 3.57. The Kier molecular flexibility index (Phi) is 4.38. The second kappa shape index (κ2) is 7.29. The summed E-state index contributed by atoms with van der Waals surface area (Å²) in [5.74, 6) is 2.20. The molecule has 1 saturated heterocycles. The fourth-order valence-electron chi connectivity index (χ4n) is 4.70. The summed E-state index contributed by atoms with van der Waals surface area (Å²) in [6.45, 7) is 6.42. The number of piperazine rings is 1. The highest BCUT2D eigenvalue weighted by Gasteiger charge is 2.38. The number of rotatable bonds is 3. The summed E-state index contributed by atoms with van der Waals surface area (Å²) < 4.78 is 2.08. The van der Waals surface area contributed by atoms with E-state index in [2.05, 4.69) is 62.5 Å². The van der Waals surface area contributed by atoms with E-state index in [4.69, 9.17) is 4.98 Å². The molecule has 2 fully saturated rings. The van der Waals surface area contributed by atoms with Gasteiger partial charge in [0.1, 0.15) is 0 Å². The molecule has 3 heterocycles. The number of hydrogen-bond acceptors (Lipinski definition) is 5. The smallest absolute Gasteiger partial charge is 0.226 e. The van der Waals surface area contributed by atoms with Crippen molar-refractivity contribution in [2.24, 2.45) is 5.92 Å². The zero-order valence-electron chi connectivity index (χ0n) is 18.4. The highest BCUT2D eigenvalue weighted by molar-refractivity contribution is 5.93. The van der Waals surface area contributed by atoms with Crippen molar-refractivity contribution in [3.05, 3.63) is 54.1 Å². The highest BCUT2D eigenvalue weighted by Crippen LogP contribution is 2.33. The number of para-hydroxylation sites is 1. The number of anilines is 1. The molecule has 1 amide bonds. The third-order valence-corrected chi connectivity index (χ3v) is 6.66. The molecule has 1 aliphatic carbocycles. The predicted molar refractivity (Wildman–Crippen MR) is 125 cm³/mol. The minimum Gasteiger partial charge on any atom is -0.338 e. The first-order valence-electron chi connectivity index (χ1n) is 11.4. The lowest BCUT2D eigenvalue weighted by Gasteiger charge is -2.40. The van der Waals surface area contributed by atoms with Crippen molar-refractivity contribution in [3.63, 3.8) is 0 Å². The first kappa shape index (κ1) is 19.2. The molecule has 7 heteroatoms. The average molecular weight is 427 g/mol. The summed E-state index contributed by atoms with van der Waals surface area (Å²) in [5, 5.41) is 10.1. The summed E-state index contributed by atoms with van der Waals surface area (Å²) in [6.07, 6.45) is 2.08. The van der Waals surface area contributed by atoms with Crippen LogP contribution >= 0.6 is 0 Å². The molecule has 0 N–H and O–H groups in total. The second-order valence-corrected chi connectivity index (χ2v) is 9.08. The van der Waals surface area contributed by atoms with E-state index in [1.807, 2.05) is 24.3 Å². The fraction of sp³-hybridized carbons (Fsp3) is 0.360. The van der Waals surface area contributed by atoms with E-state index in [9.17, 15) is 4.79 Å². The highest BCUT2D eigenvalue weighted by atomic mass is 16.2. The van der Waals surface area contributed by atoms with Gasteiger partial charge in [0, 0.05) is 42.5 Å². The molecule has 0 unspecified atom stereocenters.